The normalized spacial score (nSPS) is 10.8. The number of amides is 1. The number of thiophene rings is 1. The highest BCUT2D eigenvalue weighted by molar-refractivity contribution is 7.12. The number of hydrogen-bond donors (Lipinski definition) is 1. The summed E-state index contributed by atoms with van der Waals surface area (Å²) in [6.07, 6.45) is 0. The lowest BCUT2D eigenvalue weighted by Crippen LogP contribution is -2.18. The monoisotopic (exact) mass is 299 g/mol. The van der Waals surface area contributed by atoms with Crippen molar-refractivity contribution in [3.8, 4) is 11.8 Å². The number of hydrogen-bond acceptors (Lipinski definition) is 5. The van der Waals surface area contributed by atoms with Crippen LogP contribution in [0.15, 0.2) is 46.9 Å². The average Bonchev–Trinajstić information content (AvgIpc) is 3.05. The van der Waals surface area contributed by atoms with Crippen molar-refractivity contribution in [2.45, 2.75) is 6.92 Å². The van der Waals surface area contributed by atoms with Gasteiger partial charge in [-0.2, -0.15) is 10.4 Å². The van der Waals surface area contributed by atoms with Gasteiger partial charge in [-0.05, 0) is 48.2 Å². The van der Waals surface area contributed by atoms with Gasteiger partial charge in [0.15, 0.2) is 6.61 Å². The molecule has 0 aliphatic carbocycles. The zero-order valence-corrected chi connectivity index (χ0v) is 12.2. The Kier molecular flexibility index (Phi) is 5.07. The van der Waals surface area contributed by atoms with Crippen molar-refractivity contribution in [1.82, 2.24) is 5.43 Å². The Labute approximate surface area is 126 Å². The third-order valence-corrected chi connectivity index (χ3v) is 3.51. The highest BCUT2D eigenvalue weighted by atomic mass is 32.1. The Morgan fingerprint density at radius 1 is 1.38 bits per heavy atom. The number of nitrogens with zero attached hydrogens (tertiary/aromatic N) is 2. The summed E-state index contributed by atoms with van der Waals surface area (Å²) in [6.45, 7) is 1.82. The standard InChI is InChI=1S/C15H13N3O2S/c1-11(17-18-15(19)14-3-2-10-21-14)12-4-6-13(7-5-12)20-9-8-16/h2-7,10H,9H2,1H3,(H,18,19)/b17-11-. The SMILES string of the molecule is C/C(=N/NC(=O)c1cccs1)c1ccc(OCC#N)cc1. The van der Waals surface area contributed by atoms with Crippen LogP contribution in [0.5, 0.6) is 5.75 Å². The summed E-state index contributed by atoms with van der Waals surface area (Å²) >= 11 is 1.36. The number of carbonyl (C=O) groups excluding carboxylic acids is 1. The third-order valence-electron chi connectivity index (χ3n) is 2.65. The fourth-order valence-electron chi connectivity index (χ4n) is 1.57. The zero-order valence-electron chi connectivity index (χ0n) is 11.4. The molecule has 2 aromatic rings. The lowest BCUT2D eigenvalue weighted by Gasteiger charge is -2.04. The van der Waals surface area contributed by atoms with E-state index < -0.39 is 0 Å². The van der Waals surface area contributed by atoms with E-state index >= 15 is 0 Å². The van der Waals surface area contributed by atoms with E-state index in [1.165, 1.54) is 11.3 Å². The number of rotatable bonds is 5. The van der Waals surface area contributed by atoms with Crippen LogP contribution in [0.1, 0.15) is 22.2 Å². The van der Waals surface area contributed by atoms with Crippen molar-refractivity contribution in [2.75, 3.05) is 6.61 Å². The lowest BCUT2D eigenvalue weighted by molar-refractivity contribution is 0.0959. The maximum atomic E-state index is 11.8. The first-order valence-electron chi connectivity index (χ1n) is 6.19. The van der Waals surface area contributed by atoms with Gasteiger partial charge in [-0.1, -0.05) is 6.07 Å². The van der Waals surface area contributed by atoms with Crippen LogP contribution in [0.2, 0.25) is 0 Å². The Morgan fingerprint density at radius 3 is 2.76 bits per heavy atom. The van der Waals surface area contributed by atoms with Crippen LogP contribution in [0.4, 0.5) is 0 Å². The number of nitriles is 1. The first-order chi connectivity index (χ1) is 10.2. The molecule has 1 aromatic carbocycles. The van der Waals surface area contributed by atoms with E-state index in [1.54, 1.807) is 25.1 Å². The molecular weight excluding hydrogens is 286 g/mol. The first-order valence-corrected chi connectivity index (χ1v) is 7.07. The van der Waals surface area contributed by atoms with Crippen LogP contribution in [-0.4, -0.2) is 18.2 Å². The van der Waals surface area contributed by atoms with E-state index in [9.17, 15) is 4.79 Å². The average molecular weight is 299 g/mol. The second-order valence-electron chi connectivity index (χ2n) is 4.09. The van der Waals surface area contributed by atoms with Gasteiger partial charge < -0.3 is 4.74 Å². The van der Waals surface area contributed by atoms with Crippen molar-refractivity contribution in [3.63, 3.8) is 0 Å². The minimum atomic E-state index is -0.224. The van der Waals surface area contributed by atoms with Gasteiger partial charge in [0.25, 0.3) is 5.91 Å². The van der Waals surface area contributed by atoms with Crippen molar-refractivity contribution < 1.29 is 9.53 Å². The van der Waals surface area contributed by atoms with Crippen LogP contribution in [0, 0.1) is 11.3 Å². The molecule has 0 saturated carbocycles. The molecular formula is C15H13N3O2S. The molecule has 5 nitrogen and oxygen atoms in total. The van der Waals surface area contributed by atoms with Gasteiger partial charge in [-0.3, -0.25) is 4.79 Å². The molecule has 0 unspecified atom stereocenters. The predicted octanol–water partition coefficient (Wildman–Crippen LogP) is 2.80. The number of ether oxygens (including phenoxy) is 1. The van der Waals surface area contributed by atoms with Crippen molar-refractivity contribution in [1.29, 1.82) is 5.26 Å². The lowest BCUT2D eigenvalue weighted by atomic mass is 10.1. The first kappa shape index (κ1) is 14.8. The van der Waals surface area contributed by atoms with E-state index in [-0.39, 0.29) is 12.5 Å². The molecule has 2 rings (SSSR count). The fraction of sp³-hybridized carbons (Fsp3) is 0.133. The van der Waals surface area contributed by atoms with Crippen LogP contribution < -0.4 is 10.2 Å². The summed E-state index contributed by atoms with van der Waals surface area (Å²) in [5, 5.41) is 14.3. The number of benzene rings is 1. The highest BCUT2D eigenvalue weighted by Gasteiger charge is 2.05. The molecule has 0 atom stereocenters. The second-order valence-corrected chi connectivity index (χ2v) is 5.03. The summed E-state index contributed by atoms with van der Waals surface area (Å²) in [7, 11) is 0. The van der Waals surface area contributed by atoms with E-state index in [1.807, 2.05) is 29.6 Å². The van der Waals surface area contributed by atoms with Gasteiger partial charge in [0.1, 0.15) is 11.8 Å². The van der Waals surface area contributed by atoms with E-state index in [0.29, 0.717) is 16.3 Å². The summed E-state index contributed by atoms with van der Waals surface area (Å²) < 4.78 is 5.17. The Hall–Kier alpha value is -2.65. The van der Waals surface area contributed by atoms with Crippen molar-refractivity contribution in [2.24, 2.45) is 5.10 Å². The number of nitrogens with one attached hydrogen (secondary N) is 1. The molecule has 0 aliphatic heterocycles. The summed E-state index contributed by atoms with van der Waals surface area (Å²) in [5.41, 5.74) is 4.07. The summed E-state index contributed by atoms with van der Waals surface area (Å²) in [6, 6.07) is 12.6. The van der Waals surface area contributed by atoms with Crippen molar-refractivity contribution >= 4 is 23.0 Å². The summed E-state index contributed by atoms with van der Waals surface area (Å²) in [5.74, 6) is 0.397. The summed E-state index contributed by atoms with van der Waals surface area (Å²) in [4.78, 5) is 12.4. The van der Waals surface area contributed by atoms with Gasteiger partial charge in [0.05, 0.1) is 10.6 Å². The zero-order chi connectivity index (χ0) is 15.1. The molecule has 1 N–H and O–H groups in total. The Bertz CT molecular complexity index is 670. The maximum Gasteiger partial charge on any atom is 0.281 e. The van der Waals surface area contributed by atoms with Gasteiger partial charge in [0, 0.05) is 0 Å². The van der Waals surface area contributed by atoms with E-state index in [0.717, 1.165) is 5.56 Å². The molecule has 0 radical (unpaired) electrons. The Balaban J connectivity index is 1.99. The van der Waals surface area contributed by atoms with Crippen LogP contribution in [0.3, 0.4) is 0 Å². The maximum absolute atomic E-state index is 11.8. The predicted molar refractivity (Wildman–Crippen MR) is 81.5 cm³/mol. The van der Waals surface area contributed by atoms with Crippen molar-refractivity contribution in [3.05, 3.63) is 52.2 Å². The molecule has 1 aromatic heterocycles. The highest BCUT2D eigenvalue weighted by Crippen LogP contribution is 2.13. The van der Waals surface area contributed by atoms with Crippen LogP contribution >= 0.6 is 11.3 Å². The second kappa shape index (κ2) is 7.22. The molecule has 0 saturated heterocycles. The molecule has 1 heterocycles. The largest absolute Gasteiger partial charge is 0.479 e. The molecule has 0 fully saturated rings. The number of carbonyl (C=O) groups is 1. The van der Waals surface area contributed by atoms with Gasteiger partial charge >= 0.3 is 0 Å². The molecule has 21 heavy (non-hydrogen) atoms. The molecule has 6 heteroatoms. The van der Waals surface area contributed by atoms with Crippen LogP contribution in [-0.2, 0) is 0 Å². The molecule has 0 spiro atoms. The van der Waals surface area contributed by atoms with E-state index in [2.05, 4.69) is 10.5 Å². The molecule has 106 valence electrons. The molecule has 0 aliphatic rings. The van der Waals surface area contributed by atoms with Gasteiger partial charge in [-0.25, -0.2) is 5.43 Å². The molecule has 0 bridgehead atoms. The topological polar surface area (TPSA) is 74.5 Å². The fourth-order valence-corrected chi connectivity index (χ4v) is 2.18. The van der Waals surface area contributed by atoms with Crippen LogP contribution in [0.25, 0.3) is 0 Å². The smallest absolute Gasteiger partial charge is 0.281 e. The third kappa shape index (κ3) is 4.16. The quantitative estimate of drug-likeness (QED) is 0.681. The molecule has 1 amide bonds. The van der Waals surface area contributed by atoms with E-state index in [4.69, 9.17) is 10.00 Å². The van der Waals surface area contributed by atoms with Gasteiger partial charge in [-0.15, -0.1) is 11.3 Å². The minimum Gasteiger partial charge on any atom is -0.479 e. The minimum absolute atomic E-state index is 0.0172. The Morgan fingerprint density at radius 2 is 2.14 bits per heavy atom. The van der Waals surface area contributed by atoms with Gasteiger partial charge in [0.2, 0.25) is 0 Å². The number of hydrazone groups is 1.